The predicted octanol–water partition coefficient (Wildman–Crippen LogP) is 1.85. The maximum Gasteiger partial charge on any atom is 0.191 e. The second-order valence-electron chi connectivity index (χ2n) is 4.36. The normalized spacial score (nSPS) is 16.3. The van der Waals surface area contributed by atoms with Crippen molar-refractivity contribution in [1.29, 1.82) is 0 Å². The number of hydrogen-bond acceptors (Lipinski definition) is 4. The molecule has 1 saturated carbocycles. The van der Waals surface area contributed by atoms with Crippen LogP contribution in [0.3, 0.4) is 0 Å². The molecule has 84 valence electrons. The Kier molecular flexibility index (Phi) is 3.31. The fourth-order valence-corrected chi connectivity index (χ4v) is 2.43. The molecule has 4 nitrogen and oxygen atoms in total. The van der Waals surface area contributed by atoms with Crippen LogP contribution < -0.4 is 0 Å². The van der Waals surface area contributed by atoms with E-state index in [1.807, 2.05) is 0 Å². The van der Waals surface area contributed by atoms with Gasteiger partial charge in [0, 0.05) is 11.8 Å². The minimum Gasteiger partial charge on any atom is -0.388 e. The molecule has 0 spiro atoms. The van der Waals surface area contributed by atoms with E-state index in [1.54, 1.807) is 11.8 Å². The Morgan fingerprint density at radius 1 is 1.47 bits per heavy atom. The van der Waals surface area contributed by atoms with Gasteiger partial charge < -0.3 is 9.67 Å². The minimum atomic E-state index is -0.00820. The highest BCUT2D eigenvalue weighted by Gasteiger charge is 2.29. The maximum atomic E-state index is 9.15. The highest BCUT2D eigenvalue weighted by Crippen LogP contribution is 2.38. The Labute approximate surface area is 94.1 Å². The summed E-state index contributed by atoms with van der Waals surface area (Å²) in [5.41, 5.74) is 0. The molecule has 5 heteroatoms. The molecule has 1 fully saturated rings. The summed E-state index contributed by atoms with van der Waals surface area (Å²) in [7, 11) is 0. The van der Waals surface area contributed by atoms with Crippen molar-refractivity contribution in [2.75, 3.05) is 5.75 Å². The summed E-state index contributed by atoms with van der Waals surface area (Å²) in [6, 6.07) is 0.539. The van der Waals surface area contributed by atoms with Crippen molar-refractivity contribution in [3.8, 4) is 0 Å². The first kappa shape index (κ1) is 11.0. The molecule has 0 saturated heterocycles. The van der Waals surface area contributed by atoms with E-state index < -0.39 is 0 Å². The molecule has 0 aromatic carbocycles. The van der Waals surface area contributed by atoms with Gasteiger partial charge in [0.1, 0.15) is 6.61 Å². The summed E-state index contributed by atoms with van der Waals surface area (Å²) >= 11 is 1.74. The van der Waals surface area contributed by atoms with Crippen molar-refractivity contribution in [3.63, 3.8) is 0 Å². The number of rotatable bonds is 5. The molecule has 1 heterocycles. The summed E-state index contributed by atoms with van der Waals surface area (Å²) < 4.78 is 2.10. The van der Waals surface area contributed by atoms with Crippen LogP contribution in [0.25, 0.3) is 0 Å². The summed E-state index contributed by atoms with van der Waals surface area (Å²) in [6.45, 7) is 4.38. The second-order valence-corrected chi connectivity index (χ2v) is 5.35. The zero-order valence-corrected chi connectivity index (χ0v) is 10.00. The van der Waals surface area contributed by atoms with E-state index in [1.165, 1.54) is 12.8 Å². The summed E-state index contributed by atoms with van der Waals surface area (Å²) in [5, 5.41) is 18.3. The standard InChI is InChI=1S/C10H17N3OS/c1-7(2)6-15-10-12-11-9(5-14)13(10)8-3-4-8/h7-8,14H,3-6H2,1-2H3. The van der Waals surface area contributed by atoms with E-state index in [4.69, 9.17) is 5.11 Å². The molecule has 1 N–H and O–H groups in total. The highest BCUT2D eigenvalue weighted by atomic mass is 32.2. The van der Waals surface area contributed by atoms with Crippen LogP contribution in [-0.4, -0.2) is 25.6 Å². The number of nitrogens with zero attached hydrogens (tertiary/aromatic N) is 3. The van der Waals surface area contributed by atoms with Gasteiger partial charge in [-0.25, -0.2) is 0 Å². The number of aliphatic hydroxyl groups is 1. The largest absolute Gasteiger partial charge is 0.388 e. The average Bonchev–Trinajstić information content (AvgIpc) is 2.96. The highest BCUT2D eigenvalue weighted by molar-refractivity contribution is 7.99. The van der Waals surface area contributed by atoms with Gasteiger partial charge in [0.05, 0.1) is 0 Å². The van der Waals surface area contributed by atoms with Gasteiger partial charge in [-0.05, 0) is 18.8 Å². The van der Waals surface area contributed by atoms with Crippen LogP contribution in [0.15, 0.2) is 5.16 Å². The lowest BCUT2D eigenvalue weighted by Gasteiger charge is -2.08. The topological polar surface area (TPSA) is 50.9 Å². The van der Waals surface area contributed by atoms with Crippen molar-refractivity contribution >= 4 is 11.8 Å². The Morgan fingerprint density at radius 2 is 2.20 bits per heavy atom. The molecule has 0 bridgehead atoms. The van der Waals surface area contributed by atoms with Gasteiger partial charge in [-0.1, -0.05) is 25.6 Å². The Hall–Kier alpha value is -0.550. The third-order valence-corrected chi connectivity index (χ3v) is 3.70. The molecule has 1 aromatic heterocycles. The smallest absolute Gasteiger partial charge is 0.191 e. The lowest BCUT2D eigenvalue weighted by molar-refractivity contribution is 0.263. The quantitative estimate of drug-likeness (QED) is 0.780. The van der Waals surface area contributed by atoms with Crippen LogP contribution >= 0.6 is 11.8 Å². The Balaban J connectivity index is 2.11. The van der Waals surface area contributed by atoms with Crippen LogP contribution in [0.2, 0.25) is 0 Å². The van der Waals surface area contributed by atoms with Gasteiger partial charge in [-0.15, -0.1) is 10.2 Å². The van der Waals surface area contributed by atoms with Gasteiger partial charge in [0.2, 0.25) is 0 Å². The Morgan fingerprint density at radius 3 is 2.73 bits per heavy atom. The maximum absolute atomic E-state index is 9.15. The zero-order chi connectivity index (χ0) is 10.8. The molecule has 0 atom stereocenters. The van der Waals surface area contributed by atoms with Crippen molar-refractivity contribution < 1.29 is 5.11 Å². The lowest BCUT2D eigenvalue weighted by atomic mass is 10.3. The van der Waals surface area contributed by atoms with Crippen LogP contribution in [-0.2, 0) is 6.61 Å². The number of aromatic nitrogens is 3. The number of thioether (sulfide) groups is 1. The second kappa shape index (κ2) is 4.53. The summed E-state index contributed by atoms with van der Waals surface area (Å²) in [4.78, 5) is 0. The van der Waals surface area contributed by atoms with E-state index in [0.717, 1.165) is 10.9 Å². The zero-order valence-electron chi connectivity index (χ0n) is 9.18. The van der Waals surface area contributed by atoms with Crippen molar-refractivity contribution in [1.82, 2.24) is 14.8 Å². The van der Waals surface area contributed by atoms with Crippen LogP contribution in [0.5, 0.6) is 0 Å². The van der Waals surface area contributed by atoms with Gasteiger partial charge in [0.25, 0.3) is 0 Å². The van der Waals surface area contributed by atoms with E-state index in [-0.39, 0.29) is 6.61 Å². The fraction of sp³-hybridized carbons (Fsp3) is 0.800. The molecule has 0 unspecified atom stereocenters. The van der Waals surface area contributed by atoms with Gasteiger partial charge >= 0.3 is 0 Å². The monoisotopic (exact) mass is 227 g/mol. The van der Waals surface area contributed by atoms with Gasteiger partial charge in [-0.3, -0.25) is 0 Å². The third-order valence-electron chi connectivity index (χ3n) is 2.33. The van der Waals surface area contributed by atoms with Crippen LogP contribution in [0.4, 0.5) is 0 Å². The molecule has 2 rings (SSSR count). The van der Waals surface area contributed by atoms with E-state index >= 15 is 0 Å². The molecule has 1 aromatic rings. The molecular weight excluding hydrogens is 210 g/mol. The molecule has 1 aliphatic carbocycles. The van der Waals surface area contributed by atoms with Gasteiger partial charge in [-0.2, -0.15) is 0 Å². The molecule has 0 aliphatic heterocycles. The molecule has 0 radical (unpaired) electrons. The van der Waals surface area contributed by atoms with Crippen LogP contribution in [0.1, 0.15) is 38.6 Å². The summed E-state index contributed by atoms with van der Waals surface area (Å²) in [5.74, 6) is 2.41. The van der Waals surface area contributed by atoms with E-state index in [0.29, 0.717) is 17.8 Å². The van der Waals surface area contributed by atoms with Crippen molar-refractivity contribution in [2.45, 2.75) is 44.5 Å². The SMILES string of the molecule is CC(C)CSc1nnc(CO)n1C1CC1. The average molecular weight is 227 g/mol. The minimum absolute atomic E-state index is 0.00820. The first-order valence-electron chi connectivity index (χ1n) is 5.39. The fourth-order valence-electron chi connectivity index (χ4n) is 1.45. The Bertz CT molecular complexity index is 333. The molecular formula is C10H17N3OS. The van der Waals surface area contributed by atoms with Crippen molar-refractivity contribution in [2.24, 2.45) is 5.92 Å². The molecule has 15 heavy (non-hydrogen) atoms. The molecule has 1 aliphatic rings. The first-order valence-corrected chi connectivity index (χ1v) is 6.38. The van der Waals surface area contributed by atoms with Crippen LogP contribution in [0, 0.1) is 5.92 Å². The van der Waals surface area contributed by atoms with E-state index in [9.17, 15) is 0 Å². The lowest BCUT2D eigenvalue weighted by Crippen LogP contribution is -2.03. The van der Waals surface area contributed by atoms with E-state index in [2.05, 4.69) is 28.6 Å². The number of aliphatic hydroxyl groups excluding tert-OH is 1. The third kappa shape index (κ3) is 2.52. The first-order chi connectivity index (χ1) is 7.22. The number of hydrogen-bond donors (Lipinski definition) is 1. The predicted molar refractivity (Wildman–Crippen MR) is 59.8 cm³/mol. The van der Waals surface area contributed by atoms with Gasteiger partial charge in [0.15, 0.2) is 11.0 Å². The van der Waals surface area contributed by atoms with Crippen molar-refractivity contribution in [3.05, 3.63) is 5.82 Å². The molecule has 0 amide bonds. The summed E-state index contributed by atoms with van der Waals surface area (Å²) in [6.07, 6.45) is 2.39.